The summed E-state index contributed by atoms with van der Waals surface area (Å²) in [6.07, 6.45) is 7.62. The number of hydrogen-bond donors (Lipinski definition) is 0. The first-order valence-electron chi connectivity index (χ1n) is 12.4. The van der Waals surface area contributed by atoms with Crippen molar-refractivity contribution >= 4 is 11.8 Å². The van der Waals surface area contributed by atoms with Gasteiger partial charge in [0.15, 0.2) is 0 Å². The monoisotopic (exact) mass is 482 g/mol. The highest BCUT2D eigenvalue weighted by molar-refractivity contribution is 6.40. The molecule has 0 N–H and O–H groups in total. The standard InChI is InChI=1S/C26H42O8/c1-2-3-4-5-6-10-13-29-14-15-30-16-17-31-18-19-32-20-21-33-22-23-34-26(28)25(27)24-11-8-7-9-12-24/h7-9,11-12H,2-6,10,13-23H2,1H3. The zero-order valence-corrected chi connectivity index (χ0v) is 20.7. The molecule has 0 spiro atoms. The van der Waals surface area contributed by atoms with Gasteiger partial charge in [0.2, 0.25) is 0 Å². The first-order valence-corrected chi connectivity index (χ1v) is 12.4. The molecule has 0 aliphatic carbocycles. The highest BCUT2D eigenvalue weighted by Crippen LogP contribution is 2.05. The number of carbonyl (C=O) groups is 2. The molecule has 0 saturated heterocycles. The highest BCUT2D eigenvalue weighted by atomic mass is 16.6. The van der Waals surface area contributed by atoms with Crippen LogP contribution in [0, 0.1) is 0 Å². The number of carbonyl (C=O) groups excluding carboxylic acids is 2. The van der Waals surface area contributed by atoms with E-state index in [1.54, 1.807) is 30.3 Å². The fourth-order valence-corrected chi connectivity index (χ4v) is 2.93. The third kappa shape index (κ3) is 17.6. The molecular formula is C26H42O8. The molecular weight excluding hydrogens is 440 g/mol. The second kappa shape index (κ2) is 22.9. The molecule has 0 aliphatic rings. The van der Waals surface area contributed by atoms with Gasteiger partial charge in [-0.3, -0.25) is 4.79 Å². The molecule has 0 unspecified atom stereocenters. The molecule has 8 heteroatoms. The molecule has 34 heavy (non-hydrogen) atoms. The largest absolute Gasteiger partial charge is 0.457 e. The number of unbranched alkanes of at least 4 members (excludes halogenated alkanes) is 5. The van der Waals surface area contributed by atoms with Gasteiger partial charge in [0.05, 0.1) is 59.5 Å². The van der Waals surface area contributed by atoms with Crippen LogP contribution in [-0.2, 0) is 33.2 Å². The van der Waals surface area contributed by atoms with Gasteiger partial charge in [-0.15, -0.1) is 0 Å². The first kappa shape index (κ1) is 30.2. The number of ketones is 1. The molecule has 194 valence electrons. The minimum atomic E-state index is -0.882. The van der Waals surface area contributed by atoms with Crippen molar-refractivity contribution in [2.75, 3.05) is 72.7 Å². The highest BCUT2D eigenvalue weighted by Gasteiger charge is 2.16. The maximum absolute atomic E-state index is 11.8. The SMILES string of the molecule is CCCCCCCCOCCOCCOCCOCCOCCOC(=O)C(=O)c1ccccc1. The van der Waals surface area contributed by atoms with Crippen LogP contribution in [0.3, 0.4) is 0 Å². The van der Waals surface area contributed by atoms with Crippen molar-refractivity contribution in [3.05, 3.63) is 35.9 Å². The Hall–Kier alpha value is -1.84. The van der Waals surface area contributed by atoms with Crippen LogP contribution in [-0.4, -0.2) is 84.4 Å². The van der Waals surface area contributed by atoms with E-state index in [0.29, 0.717) is 58.4 Å². The average molecular weight is 483 g/mol. The van der Waals surface area contributed by atoms with Crippen LogP contribution >= 0.6 is 0 Å². The van der Waals surface area contributed by atoms with Gasteiger partial charge >= 0.3 is 5.97 Å². The normalized spacial score (nSPS) is 11.0. The van der Waals surface area contributed by atoms with E-state index in [2.05, 4.69) is 6.92 Å². The lowest BCUT2D eigenvalue weighted by molar-refractivity contribution is -0.139. The van der Waals surface area contributed by atoms with E-state index in [9.17, 15) is 9.59 Å². The van der Waals surface area contributed by atoms with Crippen molar-refractivity contribution in [1.29, 1.82) is 0 Å². The molecule has 0 radical (unpaired) electrons. The Kier molecular flexibility index (Phi) is 20.4. The Morgan fingerprint density at radius 3 is 1.53 bits per heavy atom. The van der Waals surface area contributed by atoms with E-state index >= 15 is 0 Å². The zero-order chi connectivity index (χ0) is 24.5. The van der Waals surface area contributed by atoms with Crippen LogP contribution in [0.25, 0.3) is 0 Å². The molecule has 1 rings (SSSR count). The molecule has 0 saturated carbocycles. The summed E-state index contributed by atoms with van der Waals surface area (Å²) in [5.41, 5.74) is 0.309. The minimum absolute atomic E-state index is 0.0185. The van der Waals surface area contributed by atoms with Crippen LogP contribution in [0.1, 0.15) is 55.8 Å². The molecule has 1 aromatic rings. The van der Waals surface area contributed by atoms with Gasteiger partial charge in [-0.25, -0.2) is 4.79 Å². The summed E-state index contributed by atoms with van der Waals surface area (Å²) in [7, 11) is 0. The lowest BCUT2D eigenvalue weighted by Gasteiger charge is -2.08. The average Bonchev–Trinajstić information content (AvgIpc) is 2.87. The van der Waals surface area contributed by atoms with Gasteiger partial charge in [0, 0.05) is 12.2 Å². The second-order valence-electron chi connectivity index (χ2n) is 7.66. The number of esters is 1. The maximum atomic E-state index is 11.8. The molecule has 8 nitrogen and oxygen atoms in total. The molecule has 1 aromatic carbocycles. The van der Waals surface area contributed by atoms with Crippen molar-refractivity contribution in [3.8, 4) is 0 Å². The summed E-state index contributed by atoms with van der Waals surface area (Å²) in [6.45, 7) is 7.25. The fourth-order valence-electron chi connectivity index (χ4n) is 2.93. The molecule has 0 aromatic heterocycles. The Bertz CT molecular complexity index is 608. The lowest BCUT2D eigenvalue weighted by Crippen LogP contribution is -2.20. The number of benzene rings is 1. The molecule has 0 atom stereocenters. The lowest BCUT2D eigenvalue weighted by atomic mass is 10.1. The predicted molar refractivity (Wildman–Crippen MR) is 129 cm³/mol. The third-order valence-corrected chi connectivity index (χ3v) is 4.81. The van der Waals surface area contributed by atoms with Gasteiger partial charge in [-0.1, -0.05) is 69.4 Å². The summed E-state index contributed by atoms with van der Waals surface area (Å²) in [4.78, 5) is 23.5. The smallest absolute Gasteiger partial charge is 0.379 e. The van der Waals surface area contributed by atoms with Gasteiger partial charge in [0.1, 0.15) is 6.61 Å². The Labute approximate surface area is 204 Å². The maximum Gasteiger partial charge on any atom is 0.379 e. The summed E-state index contributed by atoms with van der Waals surface area (Å²) in [6, 6.07) is 8.30. The summed E-state index contributed by atoms with van der Waals surface area (Å²) in [5.74, 6) is -1.54. The van der Waals surface area contributed by atoms with Gasteiger partial charge < -0.3 is 28.4 Å². The molecule has 0 aliphatic heterocycles. The van der Waals surface area contributed by atoms with Crippen LogP contribution in [0.4, 0.5) is 0 Å². The molecule has 0 heterocycles. The van der Waals surface area contributed by atoms with E-state index in [4.69, 9.17) is 28.4 Å². The number of Topliss-reactive ketones (excluding diaryl/α,β-unsaturated/α-hetero) is 1. The summed E-state index contributed by atoms with van der Waals surface area (Å²) in [5, 5.41) is 0. The van der Waals surface area contributed by atoms with Crippen LogP contribution in [0.2, 0.25) is 0 Å². The predicted octanol–water partition coefficient (Wildman–Crippen LogP) is 3.86. The van der Waals surface area contributed by atoms with Crippen molar-refractivity contribution < 1.29 is 38.0 Å². The summed E-state index contributed by atoms with van der Waals surface area (Å²) >= 11 is 0. The van der Waals surface area contributed by atoms with E-state index in [-0.39, 0.29) is 13.2 Å². The van der Waals surface area contributed by atoms with Crippen molar-refractivity contribution in [3.63, 3.8) is 0 Å². The molecule has 0 fully saturated rings. The zero-order valence-electron chi connectivity index (χ0n) is 20.7. The molecule has 0 bridgehead atoms. The number of hydrogen-bond acceptors (Lipinski definition) is 8. The van der Waals surface area contributed by atoms with E-state index in [1.807, 2.05) is 0 Å². The first-order chi connectivity index (χ1) is 16.8. The number of rotatable bonds is 24. The van der Waals surface area contributed by atoms with E-state index in [1.165, 1.54) is 32.1 Å². The quantitative estimate of drug-likeness (QED) is 0.0950. The fraction of sp³-hybridized carbons (Fsp3) is 0.692. The third-order valence-electron chi connectivity index (χ3n) is 4.81. The van der Waals surface area contributed by atoms with Crippen molar-refractivity contribution in [1.82, 2.24) is 0 Å². The Morgan fingerprint density at radius 2 is 1.00 bits per heavy atom. The van der Waals surface area contributed by atoms with Gasteiger partial charge in [0.25, 0.3) is 5.78 Å². The van der Waals surface area contributed by atoms with Gasteiger partial charge in [-0.2, -0.15) is 0 Å². The van der Waals surface area contributed by atoms with Crippen LogP contribution in [0.15, 0.2) is 30.3 Å². The van der Waals surface area contributed by atoms with Crippen LogP contribution < -0.4 is 0 Å². The minimum Gasteiger partial charge on any atom is -0.457 e. The number of ether oxygens (including phenoxy) is 6. The van der Waals surface area contributed by atoms with Crippen molar-refractivity contribution in [2.45, 2.75) is 45.4 Å². The second-order valence-corrected chi connectivity index (χ2v) is 7.66. The van der Waals surface area contributed by atoms with Gasteiger partial charge in [-0.05, 0) is 6.42 Å². The Balaban J connectivity index is 1.74. The molecule has 0 amide bonds. The summed E-state index contributed by atoms with van der Waals surface area (Å²) < 4.78 is 32.1. The topological polar surface area (TPSA) is 89.5 Å². The van der Waals surface area contributed by atoms with E-state index in [0.717, 1.165) is 13.0 Å². The van der Waals surface area contributed by atoms with Crippen molar-refractivity contribution in [2.24, 2.45) is 0 Å². The Morgan fingerprint density at radius 1 is 0.559 bits per heavy atom. The van der Waals surface area contributed by atoms with E-state index < -0.39 is 11.8 Å². The van der Waals surface area contributed by atoms with Crippen LogP contribution in [0.5, 0.6) is 0 Å².